The van der Waals surface area contributed by atoms with Gasteiger partial charge in [0, 0.05) is 12.0 Å². The molecule has 5 nitrogen and oxygen atoms in total. The molecule has 4 rings (SSSR count). The number of rotatable bonds is 3. The molecule has 3 aromatic rings. The molecule has 122 valence electrons. The Morgan fingerprint density at radius 2 is 1.96 bits per heavy atom. The van der Waals surface area contributed by atoms with Crippen LogP contribution in [0.2, 0.25) is 0 Å². The standard InChI is InChI=1S/C16H10F3N3O2/c17-9-6-20-15-21-12(11-5-16(11,18)19)13(22(15)7-9)14(24)8-1-3-10(23)4-2-8/h1-4,6-7,11,23H,5H2/t11-/m1/s1. The number of phenolic OH excluding ortho intramolecular Hbond substituents is 1. The molecular weight excluding hydrogens is 323 g/mol. The number of imidazole rings is 1. The van der Waals surface area contributed by atoms with Crippen LogP contribution in [0.5, 0.6) is 5.75 Å². The van der Waals surface area contributed by atoms with Gasteiger partial charge in [-0.3, -0.25) is 9.20 Å². The van der Waals surface area contributed by atoms with Gasteiger partial charge >= 0.3 is 0 Å². The summed E-state index contributed by atoms with van der Waals surface area (Å²) in [6.07, 6.45) is 1.49. The van der Waals surface area contributed by atoms with Crippen molar-refractivity contribution in [3.63, 3.8) is 0 Å². The van der Waals surface area contributed by atoms with Gasteiger partial charge in [0.2, 0.25) is 11.6 Å². The SMILES string of the molecule is O=C(c1ccc(O)cc1)c1c([C@H]2CC2(F)F)nc2ncc(F)cn12. The Balaban J connectivity index is 1.91. The van der Waals surface area contributed by atoms with Crippen LogP contribution in [0.15, 0.2) is 36.7 Å². The minimum Gasteiger partial charge on any atom is -0.508 e. The Labute approximate surface area is 133 Å². The van der Waals surface area contributed by atoms with Gasteiger partial charge in [-0.25, -0.2) is 23.1 Å². The van der Waals surface area contributed by atoms with E-state index >= 15 is 0 Å². The van der Waals surface area contributed by atoms with Gasteiger partial charge in [-0.1, -0.05) is 0 Å². The number of nitrogens with zero attached hydrogens (tertiary/aromatic N) is 3. The molecule has 0 saturated heterocycles. The molecule has 1 N–H and O–H groups in total. The first kappa shape index (κ1) is 14.7. The number of hydrogen-bond donors (Lipinski definition) is 1. The van der Waals surface area contributed by atoms with Crippen molar-refractivity contribution in [2.24, 2.45) is 0 Å². The topological polar surface area (TPSA) is 67.5 Å². The van der Waals surface area contributed by atoms with E-state index in [1.807, 2.05) is 0 Å². The lowest BCUT2D eigenvalue weighted by atomic mass is 10.0. The van der Waals surface area contributed by atoms with Crippen LogP contribution in [0.1, 0.15) is 34.1 Å². The third-order valence-electron chi connectivity index (χ3n) is 3.98. The molecule has 1 saturated carbocycles. The second-order valence-electron chi connectivity index (χ2n) is 5.68. The van der Waals surface area contributed by atoms with Crippen LogP contribution in [0, 0.1) is 5.82 Å². The Hall–Kier alpha value is -2.90. The molecule has 0 unspecified atom stereocenters. The Morgan fingerprint density at radius 3 is 2.58 bits per heavy atom. The number of carbonyl (C=O) groups excluding carboxylic acids is 1. The summed E-state index contributed by atoms with van der Waals surface area (Å²) in [4.78, 5) is 20.5. The van der Waals surface area contributed by atoms with Crippen LogP contribution >= 0.6 is 0 Å². The first-order valence-corrected chi connectivity index (χ1v) is 7.12. The van der Waals surface area contributed by atoms with Gasteiger partial charge in [0.25, 0.3) is 5.92 Å². The van der Waals surface area contributed by atoms with Gasteiger partial charge in [-0.15, -0.1) is 0 Å². The van der Waals surface area contributed by atoms with Gasteiger partial charge in [0.1, 0.15) is 11.4 Å². The predicted molar refractivity (Wildman–Crippen MR) is 76.8 cm³/mol. The molecular formula is C16H10F3N3O2. The molecule has 0 bridgehead atoms. The maximum atomic E-state index is 13.5. The van der Waals surface area contributed by atoms with Crippen LogP contribution < -0.4 is 0 Å². The van der Waals surface area contributed by atoms with Crippen molar-refractivity contribution >= 4 is 11.6 Å². The number of aromatic hydroxyl groups is 1. The molecule has 24 heavy (non-hydrogen) atoms. The summed E-state index contributed by atoms with van der Waals surface area (Å²) >= 11 is 0. The van der Waals surface area contributed by atoms with Crippen LogP contribution in [-0.4, -0.2) is 31.2 Å². The summed E-state index contributed by atoms with van der Waals surface area (Å²) in [7, 11) is 0. The second-order valence-corrected chi connectivity index (χ2v) is 5.68. The molecule has 0 spiro atoms. The van der Waals surface area contributed by atoms with E-state index in [-0.39, 0.29) is 28.5 Å². The third-order valence-corrected chi connectivity index (χ3v) is 3.98. The highest BCUT2D eigenvalue weighted by molar-refractivity contribution is 6.09. The highest BCUT2D eigenvalue weighted by atomic mass is 19.3. The largest absolute Gasteiger partial charge is 0.508 e. The molecule has 0 aliphatic heterocycles. The molecule has 1 fully saturated rings. The van der Waals surface area contributed by atoms with Crippen LogP contribution in [0.25, 0.3) is 5.78 Å². The number of benzene rings is 1. The molecule has 0 amide bonds. The number of halogens is 3. The van der Waals surface area contributed by atoms with Gasteiger partial charge in [0.15, 0.2) is 5.82 Å². The molecule has 2 aromatic heterocycles. The third kappa shape index (κ3) is 2.22. The number of hydrogen-bond acceptors (Lipinski definition) is 4. The van der Waals surface area contributed by atoms with Gasteiger partial charge in [-0.05, 0) is 24.3 Å². The van der Waals surface area contributed by atoms with E-state index in [9.17, 15) is 23.1 Å². The van der Waals surface area contributed by atoms with Crippen molar-refractivity contribution < 1.29 is 23.1 Å². The van der Waals surface area contributed by atoms with Crippen LogP contribution in [0.3, 0.4) is 0 Å². The molecule has 2 heterocycles. The normalized spacial score (nSPS) is 18.7. The summed E-state index contributed by atoms with van der Waals surface area (Å²) in [5.41, 5.74) is -0.0508. The van der Waals surface area contributed by atoms with Crippen molar-refractivity contribution in [3.05, 3.63) is 59.4 Å². The van der Waals surface area contributed by atoms with Gasteiger partial charge in [-0.2, -0.15) is 0 Å². The van der Waals surface area contributed by atoms with E-state index in [0.29, 0.717) is 0 Å². The maximum absolute atomic E-state index is 13.5. The lowest BCUT2D eigenvalue weighted by molar-refractivity contribution is 0.102. The van der Waals surface area contributed by atoms with Crippen molar-refractivity contribution in [3.8, 4) is 5.75 Å². The smallest absolute Gasteiger partial charge is 0.257 e. The van der Waals surface area contributed by atoms with E-state index in [1.165, 1.54) is 24.3 Å². The van der Waals surface area contributed by atoms with Crippen molar-refractivity contribution in [2.75, 3.05) is 0 Å². The first-order chi connectivity index (χ1) is 11.4. The lowest BCUT2D eigenvalue weighted by Gasteiger charge is -2.04. The number of ketones is 1. The first-order valence-electron chi connectivity index (χ1n) is 7.12. The summed E-state index contributed by atoms with van der Waals surface area (Å²) < 4.78 is 41.6. The van der Waals surface area contributed by atoms with Crippen LogP contribution in [0.4, 0.5) is 13.2 Å². The quantitative estimate of drug-likeness (QED) is 0.749. The van der Waals surface area contributed by atoms with Crippen molar-refractivity contribution in [1.29, 1.82) is 0 Å². The lowest BCUT2D eigenvalue weighted by Crippen LogP contribution is -2.09. The minimum absolute atomic E-state index is 0.0174. The molecule has 8 heteroatoms. The molecule has 0 radical (unpaired) electrons. The molecule has 1 aliphatic rings. The van der Waals surface area contributed by atoms with E-state index in [1.54, 1.807) is 0 Å². The molecule has 1 aliphatic carbocycles. The fourth-order valence-corrected chi connectivity index (χ4v) is 2.66. The van der Waals surface area contributed by atoms with E-state index in [0.717, 1.165) is 16.8 Å². The average molecular weight is 333 g/mol. The Bertz CT molecular complexity index is 967. The molecule has 1 atom stereocenters. The minimum atomic E-state index is -2.93. The zero-order chi connectivity index (χ0) is 17.1. The van der Waals surface area contributed by atoms with Crippen molar-refractivity contribution in [2.45, 2.75) is 18.3 Å². The van der Waals surface area contributed by atoms with E-state index < -0.39 is 29.9 Å². The summed E-state index contributed by atoms with van der Waals surface area (Å²) in [6.45, 7) is 0. The van der Waals surface area contributed by atoms with E-state index in [4.69, 9.17) is 0 Å². The predicted octanol–water partition coefficient (Wildman–Crippen LogP) is 2.93. The number of aromatic nitrogens is 3. The average Bonchev–Trinajstić information content (AvgIpc) is 3.02. The van der Waals surface area contributed by atoms with E-state index in [2.05, 4.69) is 9.97 Å². The van der Waals surface area contributed by atoms with Crippen LogP contribution in [-0.2, 0) is 0 Å². The maximum Gasteiger partial charge on any atom is 0.257 e. The fraction of sp³-hybridized carbons (Fsp3) is 0.188. The summed E-state index contributed by atoms with van der Waals surface area (Å²) in [5.74, 6) is -5.47. The van der Waals surface area contributed by atoms with Gasteiger partial charge < -0.3 is 5.11 Å². The summed E-state index contributed by atoms with van der Waals surface area (Å²) in [5, 5.41) is 9.31. The zero-order valence-electron chi connectivity index (χ0n) is 12.1. The number of fused-ring (bicyclic) bond motifs is 1. The van der Waals surface area contributed by atoms with Crippen molar-refractivity contribution in [1.82, 2.24) is 14.4 Å². The zero-order valence-corrected chi connectivity index (χ0v) is 12.1. The Kier molecular flexibility index (Phi) is 2.93. The fourth-order valence-electron chi connectivity index (χ4n) is 2.66. The Morgan fingerprint density at radius 1 is 1.29 bits per heavy atom. The number of alkyl halides is 2. The second kappa shape index (κ2) is 4.80. The number of carbonyl (C=O) groups is 1. The number of phenols is 1. The monoisotopic (exact) mass is 333 g/mol. The highest BCUT2D eigenvalue weighted by Crippen LogP contribution is 2.56. The highest BCUT2D eigenvalue weighted by Gasteiger charge is 2.60. The molecule has 1 aromatic carbocycles. The summed E-state index contributed by atoms with van der Waals surface area (Å²) in [6, 6.07) is 5.33. The van der Waals surface area contributed by atoms with Gasteiger partial charge in [0.05, 0.1) is 24.0 Å².